The maximum Gasteiger partial charge on any atom is 0.0980 e. The molecule has 1 fully saturated rings. The van der Waals surface area contributed by atoms with Crippen molar-refractivity contribution in [1.82, 2.24) is 0 Å². The zero-order chi connectivity index (χ0) is 7.40. The zero-order valence-electron chi connectivity index (χ0n) is 6.25. The monoisotopic (exact) mass is 162 g/mol. The topological polar surface area (TPSA) is 18.5 Å². The summed E-state index contributed by atoms with van der Waals surface area (Å²) in [5.41, 5.74) is 0. The van der Waals surface area contributed by atoms with Crippen molar-refractivity contribution in [3.05, 3.63) is 0 Å². The molecule has 0 N–H and O–H groups in total. The van der Waals surface area contributed by atoms with Crippen molar-refractivity contribution < 1.29 is 8.92 Å². The fourth-order valence-corrected chi connectivity index (χ4v) is 1.66. The Bertz CT molecular complexity index is 97.6. The van der Waals surface area contributed by atoms with Crippen LogP contribution in [0.2, 0.25) is 0 Å². The maximum absolute atomic E-state index is 5.43. The summed E-state index contributed by atoms with van der Waals surface area (Å²) in [4.78, 5) is 0. The summed E-state index contributed by atoms with van der Waals surface area (Å²) < 4.78 is 10.4. The molecule has 0 aromatic carbocycles. The van der Waals surface area contributed by atoms with Crippen molar-refractivity contribution in [3.8, 4) is 0 Å². The van der Waals surface area contributed by atoms with E-state index in [2.05, 4.69) is 12.9 Å². The molecule has 0 saturated heterocycles. The fourth-order valence-electron chi connectivity index (χ4n) is 1.42. The molecule has 0 aliphatic heterocycles. The van der Waals surface area contributed by atoms with E-state index in [1.807, 2.05) is 6.92 Å². The molecule has 1 aliphatic rings. The fraction of sp³-hybridized carbons (Fsp3) is 1.00. The van der Waals surface area contributed by atoms with E-state index >= 15 is 0 Å². The molecule has 2 nitrogen and oxygen atoms in total. The SMILES string of the molecule is CCO[C@@H]1CCC[C@H]1OS. The molecule has 3 heteroatoms. The Morgan fingerprint density at radius 2 is 2.10 bits per heavy atom. The van der Waals surface area contributed by atoms with E-state index in [9.17, 15) is 0 Å². The Morgan fingerprint density at radius 1 is 1.40 bits per heavy atom. The summed E-state index contributed by atoms with van der Waals surface area (Å²) in [6.45, 7) is 2.78. The lowest BCUT2D eigenvalue weighted by atomic mass is 10.3. The molecule has 2 atom stereocenters. The Morgan fingerprint density at radius 3 is 2.70 bits per heavy atom. The molecule has 0 heterocycles. The minimum Gasteiger partial charge on any atom is -0.376 e. The highest BCUT2D eigenvalue weighted by atomic mass is 32.1. The van der Waals surface area contributed by atoms with Crippen molar-refractivity contribution in [1.29, 1.82) is 0 Å². The Hall–Kier alpha value is 0.270. The van der Waals surface area contributed by atoms with Crippen LogP contribution in [-0.2, 0) is 8.92 Å². The first kappa shape index (κ1) is 8.37. The summed E-state index contributed by atoms with van der Waals surface area (Å²) >= 11 is 3.79. The molecule has 0 bridgehead atoms. The average Bonchev–Trinajstić information content (AvgIpc) is 2.36. The van der Waals surface area contributed by atoms with Crippen LogP contribution in [0.4, 0.5) is 0 Å². The molecule has 0 unspecified atom stereocenters. The first-order chi connectivity index (χ1) is 4.88. The van der Waals surface area contributed by atoms with Gasteiger partial charge in [-0.3, -0.25) is 0 Å². The van der Waals surface area contributed by atoms with Crippen molar-refractivity contribution in [2.45, 2.75) is 38.4 Å². The van der Waals surface area contributed by atoms with E-state index in [-0.39, 0.29) is 6.10 Å². The lowest BCUT2D eigenvalue weighted by Gasteiger charge is -2.16. The largest absolute Gasteiger partial charge is 0.376 e. The molecule has 0 aromatic heterocycles. The van der Waals surface area contributed by atoms with Gasteiger partial charge < -0.3 is 8.92 Å². The van der Waals surface area contributed by atoms with Crippen molar-refractivity contribution >= 4 is 12.9 Å². The van der Waals surface area contributed by atoms with Gasteiger partial charge in [0.25, 0.3) is 0 Å². The predicted molar refractivity (Wildman–Crippen MR) is 43.1 cm³/mol. The van der Waals surface area contributed by atoms with Gasteiger partial charge in [0.2, 0.25) is 0 Å². The van der Waals surface area contributed by atoms with Gasteiger partial charge in [-0.1, -0.05) is 0 Å². The van der Waals surface area contributed by atoms with Gasteiger partial charge in [-0.25, -0.2) is 0 Å². The molecular weight excluding hydrogens is 148 g/mol. The minimum absolute atomic E-state index is 0.225. The maximum atomic E-state index is 5.43. The first-order valence-corrected chi connectivity index (χ1v) is 4.16. The van der Waals surface area contributed by atoms with Crippen LogP contribution in [0.5, 0.6) is 0 Å². The van der Waals surface area contributed by atoms with E-state index in [0.717, 1.165) is 19.4 Å². The molecule has 0 radical (unpaired) electrons. The second-order valence-electron chi connectivity index (χ2n) is 2.57. The first-order valence-electron chi connectivity index (χ1n) is 3.80. The van der Waals surface area contributed by atoms with Gasteiger partial charge in [0, 0.05) is 6.61 Å². The van der Waals surface area contributed by atoms with Crippen molar-refractivity contribution in [2.24, 2.45) is 0 Å². The number of hydrogen-bond acceptors (Lipinski definition) is 3. The second-order valence-corrected chi connectivity index (χ2v) is 2.78. The van der Waals surface area contributed by atoms with Gasteiger partial charge in [0.15, 0.2) is 0 Å². The van der Waals surface area contributed by atoms with Gasteiger partial charge >= 0.3 is 0 Å². The van der Waals surface area contributed by atoms with Gasteiger partial charge in [-0.2, -0.15) is 0 Å². The molecule has 0 spiro atoms. The molecule has 60 valence electrons. The standard InChI is InChI=1S/C7H14O2S/c1-2-8-6-4-3-5-7(6)9-10/h6-7,10H,2-5H2,1H3/t6-,7-/m1/s1. The third-order valence-electron chi connectivity index (χ3n) is 1.91. The van der Waals surface area contributed by atoms with Crippen molar-refractivity contribution in [3.63, 3.8) is 0 Å². The van der Waals surface area contributed by atoms with Crippen LogP contribution in [0.15, 0.2) is 0 Å². The summed E-state index contributed by atoms with van der Waals surface area (Å²) in [6.07, 6.45) is 3.94. The van der Waals surface area contributed by atoms with Crippen LogP contribution in [0.3, 0.4) is 0 Å². The Labute approximate surface area is 67.5 Å². The van der Waals surface area contributed by atoms with Gasteiger partial charge in [-0.15, -0.1) is 0 Å². The molecule has 0 aromatic rings. The van der Waals surface area contributed by atoms with Gasteiger partial charge in [-0.05, 0) is 39.1 Å². The number of thiol groups is 1. The highest BCUT2D eigenvalue weighted by Crippen LogP contribution is 2.25. The zero-order valence-corrected chi connectivity index (χ0v) is 7.14. The number of rotatable bonds is 3. The Kier molecular flexibility index (Phi) is 3.52. The van der Waals surface area contributed by atoms with Crippen LogP contribution in [0.1, 0.15) is 26.2 Å². The second kappa shape index (κ2) is 4.21. The molecule has 1 aliphatic carbocycles. The molecule has 1 rings (SSSR count). The number of hydrogen-bond donors (Lipinski definition) is 1. The molecule has 0 amide bonds. The molecule has 1 saturated carbocycles. The van der Waals surface area contributed by atoms with E-state index in [0.29, 0.717) is 6.10 Å². The van der Waals surface area contributed by atoms with E-state index in [4.69, 9.17) is 8.92 Å². The summed E-state index contributed by atoms with van der Waals surface area (Å²) in [5.74, 6) is 0. The lowest BCUT2D eigenvalue weighted by Crippen LogP contribution is -2.23. The van der Waals surface area contributed by atoms with Crippen LogP contribution in [0.25, 0.3) is 0 Å². The predicted octanol–water partition coefficient (Wildman–Crippen LogP) is 1.81. The highest BCUT2D eigenvalue weighted by molar-refractivity contribution is 7.75. The molecular formula is C7H14O2S. The summed E-state index contributed by atoms with van der Waals surface area (Å²) in [5, 5.41) is 0. The highest BCUT2D eigenvalue weighted by Gasteiger charge is 2.27. The van der Waals surface area contributed by atoms with Crippen LogP contribution in [-0.4, -0.2) is 18.8 Å². The quantitative estimate of drug-likeness (QED) is 0.504. The molecule has 10 heavy (non-hydrogen) atoms. The smallest absolute Gasteiger partial charge is 0.0980 e. The van der Waals surface area contributed by atoms with Gasteiger partial charge in [0.05, 0.1) is 12.2 Å². The summed E-state index contributed by atoms with van der Waals surface area (Å²) in [6, 6.07) is 0. The van der Waals surface area contributed by atoms with Crippen LogP contribution >= 0.6 is 12.9 Å². The average molecular weight is 162 g/mol. The number of ether oxygens (including phenoxy) is 1. The van der Waals surface area contributed by atoms with Crippen molar-refractivity contribution in [2.75, 3.05) is 6.61 Å². The van der Waals surface area contributed by atoms with E-state index in [1.165, 1.54) is 6.42 Å². The minimum atomic E-state index is 0.225. The summed E-state index contributed by atoms with van der Waals surface area (Å²) in [7, 11) is 0. The third kappa shape index (κ3) is 1.87. The van der Waals surface area contributed by atoms with E-state index in [1.54, 1.807) is 0 Å². The van der Waals surface area contributed by atoms with Gasteiger partial charge in [0.1, 0.15) is 0 Å². The Balaban J connectivity index is 2.27. The third-order valence-corrected chi connectivity index (χ3v) is 2.18. The normalized spacial score (nSPS) is 33.0. The van der Waals surface area contributed by atoms with Crippen LogP contribution < -0.4 is 0 Å². The van der Waals surface area contributed by atoms with Crippen LogP contribution in [0, 0.1) is 0 Å². The van der Waals surface area contributed by atoms with E-state index < -0.39 is 0 Å². The lowest BCUT2D eigenvalue weighted by molar-refractivity contribution is 0.00681.